The van der Waals surface area contributed by atoms with Crippen molar-refractivity contribution in [1.29, 1.82) is 0 Å². The first kappa shape index (κ1) is 26.2. The summed E-state index contributed by atoms with van der Waals surface area (Å²) in [5, 5.41) is 19.7. The second kappa shape index (κ2) is 11.4. The van der Waals surface area contributed by atoms with Crippen LogP contribution in [0.4, 0.5) is 4.79 Å². The molecule has 3 amide bonds. The molecule has 0 bridgehead atoms. The molecule has 3 aromatic rings. The van der Waals surface area contributed by atoms with E-state index in [1.54, 1.807) is 18.2 Å². The number of nitrogens with zero attached hydrogens (tertiary/aromatic N) is 1. The third-order valence-electron chi connectivity index (χ3n) is 6.32. The second-order valence-corrected chi connectivity index (χ2v) is 10.8. The van der Waals surface area contributed by atoms with Gasteiger partial charge in [0, 0.05) is 19.6 Å². The lowest BCUT2D eigenvalue weighted by atomic mass is 10.1. The van der Waals surface area contributed by atoms with Crippen LogP contribution in [-0.4, -0.2) is 54.9 Å². The molecule has 3 aromatic carbocycles. The zero-order chi connectivity index (χ0) is 26.4. The summed E-state index contributed by atoms with van der Waals surface area (Å²) in [4.78, 5) is 25.4. The Morgan fingerprint density at radius 2 is 1.70 bits per heavy atom. The Balaban J connectivity index is 1.39. The molecule has 1 saturated heterocycles. The van der Waals surface area contributed by atoms with E-state index in [2.05, 4.69) is 22.5 Å². The number of carbonyl (C=O) groups excluding carboxylic acids is 2. The molecule has 2 atom stereocenters. The number of nitrogens with one attached hydrogen (secondary N) is 3. The topological polar surface area (TPSA) is 128 Å². The van der Waals surface area contributed by atoms with Gasteiger partial charge in [0.05, 0.1) is 4.90 Å². The number of aliphatic hydroxyl groups is 1. The number of benzene rings is 3. The molecule has 0 aromatic heterocycles. The van der Waals surface area contributed by atoms with E-state index in [1.165, 1.54) is 4.31 Å². The van der Waals surface area contributed by atoms with E-state index < -0.39 is 34.0 Å². The second-order valence-electron chi connectivity index (χ2n) is 8.88. The maximum absolute atomic E-state index is 13.4. The lowest BCUT2D eigenvalue weighted by Crippen LogP contribution is -2.52. The molecule has 9 nitrogen and oxygen atoms in total. The molecule has 194 valence electrons. The molecular formula is C27H30N4O5S. The van der Waals surface area contributed by atoms with Crippen LogP contribution in [-0.2, 0) is 21.4 Å². The summed E-state index contributed by atoms with van der Waals surface area (Å²) in [6, 6.07) is 19.3. The number of amides is 3. The van der Waals surface area contributed by atoms with Crippen molar-refractivity contribution < 1.29 is 23.1 Å². The van der Waals surface area contributed by atoms with Crippen molar-refractivity contribution in [3.63, 3.8) is 0 Å². The molecule has 1 aliphatic rings. The highest BCUT2D eigenvalue weighted by Crippen LogP contribution is 2.28. The van der Waals surface area contributed by atoms with Crippen molar-refractivity contribution in [1.82, 2.24) is 20.3 Å². The highest BCUT2D eigenvalue weighted by atomic mass is 32.2. The van der Waals surface area contributed by atoms with E-state index >= 15 is 0 Å². The predicted molar refractivity (Wildman–Crippen MR) is 141 cm³/mol. The maximum atomic E-state index is 13.4. The Labute approximate surface area is 216 Å². The van der Waals surface area contributed by atoms with Gasteiger partial charge >= 0.3 is 6.03 Å². The molecule has 4 N–H and O–H groups in total. The van der Waals surface area contributed by atoms with Gasteiger partial charge in [0.15, 0.2) is 0 Å². The van der Waals surface area contributed by atoms with Crippen LogP contribution < -0.4 is 16.0 Å². The monoisotopic (exact) mass is 522 g/mol. The van der Waals surface area contributed by atoms with E-state index in [4.69, 9.17) is 0 Å². The van der Waals surface area contributed by atoms with Crippen LogP contribution in [0.1, 0.15) is 18.4 Å². The van der Waals surface area contributed by atoms with Crippen molar-refractivity contribution in [3.8, 4) is 0 Å². The van der Waals surface area contributed by atoms with Crippen LogP contribution in [0, 0.1) is 0 Å². The van der Waals surface area contributed by atoms with Gasteiger partial charge < -0.3 is 21.1 Å². The Morgan fingerprint density at radius 1 is 1.00 bits per heavy atom. The van der Waals surface area contributed by atoms with Crippen molar-refractivity contribution in [2.75, 3.05) is 13.1 Å². The fourth-order valence-corrected chi connectivity index (χ4v) is 6.00. The molecule has 10 heteroatoms. The third kappa shape index (κ3) is 6.28. The van der Waals surface area contributed by atoms with Crippen LogP contribution in [0.5, 0.6) is 0 Å². The minimum absolute atomic E-state index is 0.116. The average molecular weight is 523 g/mol. The van der Waals surface area contributed by atoms with E-state index in [0.29, 0.717) is 19.4 Å². The number of urea groups is 1. The molecule has 0 radical (unpaired) electrons. The first-order chi connectivity index (χ1) is 17.8. The van der Waals surface area contributed by atoms with Crippen molar-refractivity contribution in [2.24, 2.45) is 0 Å². The minimum Gasteiger partial charge on any atom is -0.511 e. The van der Waals surface area contributed by atoms with Gasteiger partial charge in [-0.3, -0.25) is 4.79 Å². The normalized spacial score (nSPS) is 16.7. The summed E-state index contributed by atoms with van der Waals surface area (Å²) in [7, 11) is -3.93. The quantitative estimate of drug-likeness (QED) is 0.321. The number of sulfonamides is 1. The molecule has 0 spiro atoms. The lowest BCUT2D eigenvalue weighted by molar-refractivity contribution is -0.124. The van der Waals surface area contributed by atoms with Crippen LogP contribution in [0.2, 0.25) is 0 Å². The summed E-state index contributed by atoms with van der Waals surface area (Å²) in [6.45, 7) is 3.89. The first-order valence-corrected chi connectivity index (χ1v) is 13.4. The zero-order valence-corrected chi connectivity index (χ0v) is 21.1. The van der Waals surface area contributed by atoms with E-state index in [9.17, 15) is 23.1 Å². The number of carbonyl (C=O) groups is 2. The molecule has 1 heterocycles. The summed E-state index contributed by atoms with van der Waals surface area (Å²) >= 11 is 0. The molecule has 37 heavy (non-hydrogen) atoms. The van der Waals surface area contributed by atoms with Crippen LogP contribution >= 0.6 is 0 Å². The largest absolute Gasteiger partial charge is 0.511 e. The van der Waals surface area contributed by atoms with Gasteiger partial charge in [-0.25, -0.2) is 13.2 Å². The summed E-state index contributed by atoms with van der Waals surface area (Å²) < 4.78 is 28.1. The minimum atomic E-state index is -3.93. The van der Waals surface area contributed by atoms with Crippen molar-refractivity contribution in [2.45, 2.75) is 36.4 Å². The zero-order valence-electron chi connectivity index (χ0n) is 20.3. The predicted octanol–water partition coefficient (Wildman–Crippen LogP) is 3.05. The Hall–Kier alpha value is -3.89. The number of hydrogen-bond acceptors (Lipinski definition) is 5. The lowest BCUT2D eigenvalue weighted by Gasteiger charge is -2.26. The van der Waals surface area contributed by atoms with E-state index in [0.717, 1.165) is 16.3 Å². The molecule has 4 rings (SSSR count). The Kier molecular flexibility index (Phi) is 8.10. The third-order valence-corrected chi connectivity index (χ3v) is 8.22. The van der Waals surface area contributed by atoms with Gasteiger partial charge in [-0.2, -0.15) is 4.31 Å². The Morgan fingerprint density at radius 3 is 2.43 bits per heavy atom. The number of aliphatic hydroxyl groups excluding tert-OH is 1. The van der Waals surface area contributed by atoms with E-state index in [1.807, 2.05) is 54.6 Å². The molecule has 1 aliphatic heterocycles. The highest BCUT2D eigenvalue weighted by Gasteiger charge is 2.40. The van der Waals surface area contributed by atoms with Crippen LogP contribution in [0.15, 0.2) is 90.0 Å². The smallest absolute Gasteiger partial charge is 0.315 e. The van der Waals surface area contributed by atoms with Crippen LogP contribution in [0.25, 0.3) is 10.8 Å². The fourth-order valence-electron chi connectivity index (χ4n) is 4.31. The van der Waals surface area contributed by atoms with Crippen molar-refractivity contribution >= 4 is 32.7 Å². The highest BCUT2D eigenvalue weighted by molar-refractivity contribution is 7.89. The molecule has 0 saturated carbocycles. The number of rotatable bonds is 9. The number of hydrogen-bond donors (Lipinski definition) is 4. The van der Waals surface area contributed by atoms with Gasteiger partial charge in [0.25, 0.3) is 0 Å². The standard InChI is InChI=1S/C27H30N4O5S/c1-19(32)24(18-29-27(34)28-17-20-8-3-2-4-9-20)30-26(33)25-12-7-15-31(25)37(35,36)23-14-13-21-10-5-6-11-22(21)16-23/h2-6,8-11,13-14,16,24-25,32H,1,7,12,15,17-18H2,(H,30,33)(H2,28,29,34)/t24-,25-/m0/s1. The molecule has 1 fully saturated rings. The molecule has 0 unspecified atom stereocenters. The van der Waals surface area contributed by atoms with E-state index in [-0.39, 0.29) is 23.7 Å². The van der Waals surface area contributed by atoms with Gasteiger partial charge in [-0.05, 0) is 41.3 Å². The van der Waals surface area contributed by atoms with Crippen molar-refractivity contribution in [3.05, 3.63) is 90.7 Å². The molecule has 0 aliphatic carbocycles. The van der Waals surface area contributed by atoms with Gasteiger partial charge in [-0.15, -0.1) is 0 Å². The SMILES string of the molecule is C=C(O)[C@H](CNC(=O)NCc1ccccc1)NC(=O)[C@@H]1CCCN1S(=O)(=O)c1ccc2ccccc2c1. The van der Waals surface area contributed by atoms with Gasteiger partial charge in [-0.1, -0.05) is 67.2 Å². The van der Waals surface area contributed by atoms with Crippen LogP contribution in [0.3, 0.4) is 0 Å². The summed E-state index contributed by atoms with van der Waals surface area (Å²) in [5.74, 6) is -0.910. The fraction of sp³-hybridized carbons (Fsp3) is 0.259. The number of fused-ring (bicyclic) bond motifs is 1. The summed E-state index contributed by atoms with van der Waals surface area (Å²) in [5.41, 5.74) is 0.919. The first-order valence-electron chi connectivity index (χ1n) is 12.0. The maximum Gasteiger partial charge on any atom is 0.315 e. The molecular weight excluding hydrogens is 492 g/mol. The summed E-state index contributed by atoms with van der Waals surface area (Å²) in [6.07, 6.45) is 0.865. The van der Waals surface area contributed by atoms with Gasteiger partial charge in [0.2, 0.25) is 15.9 Å². The van der Waals surface area contributed by atoms with Gasteiger partial charge in [0.1, 0.15) is 17.8 Å². The average Bonchev–Trinajstić information content (AvgIpc) is 3.41. The Bertz CT molecular complexity index is 1390.